The second-order valence-electron chi connectivity index (χ2n) is 4.49. The van der Waals surface area contributed by atoms with Crippen molar-refractivity contribution < 1.29 is 19.8 Å². The van der Waals surface area contributed by atoms with Gasteiger partial charge in [0, 0.05) is 6.54 Å². The maximum atomic E-state index is 10.7. The molecule has 0 aliphatic rings. The summed E-state index contributed by atoms with van der Waals surface area (Å²) in [7, 11) is -0.158. The number of rotatable bonds is 7. The van der Waals surface area contributed by atoms with Gasteiger partial charge in [0.1, 0.15) is 0 Å². The highest BCUT2D eigenvalue weighted by molar-refractivity contribution is 7.64. The Morgan fingerprint density at radius 1 is 1.05 bits per heavy atom. The van der Waals surface area contributed by atoms with E-state index in [9.17, 15) is 9.59 Å². The lowest BCUT2D eigenvalue weighted by atomic mass is 10.2. The molecule has 0 bridgehead atoms. The van der Waals surface area contributed by atoms with E-state index < -0.39 is 11.9 Å². The predicted molar refractivity (Wildman–Crippen MR) is 75.4 cm³/mol. The van der Waals surface area contributed by atoms with Crippen molar-refractivity contribution in [2.45, 2.75) is 6.54 Å². The Morgan fingerprint density at radius 3 is 1.89 bits per heavy atom. The molecule has 1 aromatic rings. The van der Waals surface area contributed by atoms with Crippen molar-refractivity contribution in [1.82, 2.24) is 4.90 Å². The highest BCUT2D eigenvalue weighted by Gasteiger charge is 2.13. The van der Waals surface area contributed by atoms with Crippen molar-refractivity contribution in [3.05, 3.63) is 29.8 Å². The molecule has 19 heavy (non-hydrogen) atoms. The summed E-state index contributed by atoms with van der Waals surface area (Å²) in [6, 6.07) is 7.88. The lowest BCUT2D eigenvalue weighted by Crippen LogP contribution is -2.34. The van der Waals surface area contributed by atoms with Gasteiger partial charge in [-0.05, 0) is 24.2 Å². The first kappa shape index (κ1) is 15.6. The molecular formula is C13H18NO4P. The molecule has 0 radical (unpaired) electrons. The number of benzene rings is 1. The quantitative estimate of drug-likeness (QED) is 0.731. The van der Waals surface area contributed by atoms with Crippen molar-refractivity contribution >= 4 is 25.2 Å². The van der Waals surface area contributed by atoms with Crippen molar-refractivity contribution in [1.29, 1.82) is 0 Å². The average Bonchev–Trinajstić information content (AvgIpc) is 2.27. The Hall–Kier alpha value is -1.45. The van der Waals surface area contributed by atoms with Crippen LogP contribution in [0.2, 0.25) is 0 Å². The fourth-order valence-corrected chi connectivity index (χ4v) is 2.45. The molecule has 0 aromatic heterocycles. The molecule has 0 heterocycles. The average molecular weight is 283 g/mol. The lowest BCUT2D eigenvalue weighted by molar-refractivity contribution is -0.142. The molecule has 0 fully saturated rings. The van der Waals surface area contributed by atoms with E-state index in [4.69, 9.17) is 10.2 Å². The smallest absolute Gasteiger partial charge is 0.317 e. The van der Waals surface area contributed by atoms with Crippen LogP contribution >= 0.6 is 7.92 Å². The van der Waals surface area contributed by atoms with Gasteiger partial charge < -0.3 is 10.2 Å². The molecule has 2 N–H and O–H groups in total. The maximum absolute atomic E-state index is 10.7. The predicted octanol–water partition coefficient (Wildman–Crippen LogP) is 1.02. The van der Waals surface area contributed by atoms with Crippen molar-refractivity contribution in [3.8, 4) is 0 Å². The summed E-state index contributed by atoms with van der Waals surface area (Å²) < 4.78 is 0. The van der Waals surface area contributed by atoms with Gasteiger partial charge in [0.2, 0.25) is 0 Å². The van der Waals surface area contributed by atoms with E-state index in [1.165, 1.54) is 10.2 Å². The molecular weight excluding hydrogens is 265 g/mol. The Bertz CT molecular complexity index is 428. The molecule has 1 rings (SSSR count). The highest BCUT2D eigenvalue weighted by atomic mass is 31.1. The first-order valence-electron chi connectivity index (χ1n) is 5.80. The summed E-state index contributed by atoms with van der Waals surface area (Å²) in [5.74, 6) is -2.05. The van der Waals surface area contributed by atoms with Gasteiger partial charge in [0.15, 0.2) is 0 Å². The third-order valence-corrected chi connectivity index (χ3v) is 3.91. The number of hydrogen-bond acceptors (Lipinski definition) is 3. The van der Waals surface area contributed by atoms with Crippen LogP contribution in [-0.2, 0) is 16.1 Å². The molecule has 0 spiro atoms. The molecule has 0 saturated carbocycles. The van der Waals surface area contributed by atoms with E-state index >= 15 is 0 Å². The molecule has 0 atom stereocenters. The van der Waals surface area contributed by atoms with Gasteiger partial charge in [0.25, 0.3) is 0 Å². The summed E-state index contributed by atoms with van der Waals surface area (Å²) in [5, 5.41) is 18.8. The monoisotopic (exact) mass is 283 g/mol. The van der Waals surface area contributed by atoms with Crippen LogP contribution in [0.5, 0.6) is 0 Å². The number of aliphatic carboxylic acids is 2. The Balaban J connectivity index is 2.72. The third-order valence-electron chi connectivity index (χ3n) is 2.58. The number of hydrogen-bond donors (Lipinski definition) is 2. The van der Waals surface area contributed by atoms with Crippen LogP contribution in [0.3, 0.4) is 0 Å². The summed E-state index contributed by atoms with van der Waals surface area (Å²) in [6.07, 6.45) is 0. The van der Waals surface area contributed by atoms with Crippen molar-refractivity contribution in [3.63, 3.8) is 0 Å². The largest absolute Gasteiger partial charge is 0.480 e. The van der Waals surface area contributed by atoms with Crippen molar-refractivity contribution in [2.24, 2.45) is 0 Å². The standard InChI is InChI=1S/C13H18NO4P/c1-19(2)11-5-3-10(4-6-11)7-14(8-12(15)16)9-13(17)18/h3-6H,7-9H2,1-2H3,(H,15,16)(H,17,18). The second kappa shape index (κ2) is 7.22. The summed E-state index contributed by atoms with van der Waals surface area (Å²) in [5.41, 5.74) is 0.920. The van der Waals surface area contributed by atoms with Crippen LogP contribution in [0.25, 0.3) is 0 Å². The minimum atomic E-state index is -1.02. The summed E-state index contributed by atoms with van der Waals surface area (Å²) >= 11 is 0. The zero-order chi connectivity index (χ0) is 14.4. The Labute approximate surface area is 113 Å². The maximum Gasteiger partial charge on any atom is 0.317 e. The van der Waals surface area contributed by atoms with Crippen LogP contribution in [0.15, 0.2) is 24.3 Å². The fourth-order valence-electron chi connectivity index (χ4n) is 1.71. The third kappa shape index (κ3) is 5.81. The van der Waals surface area contributed by atoms with Gasteiger partial charge in [-0.3, -0.25) is 14.5 Å². The summed E-state index contributed by atoms with van der Waals surface area (Å²) in [4.78, 5) is 22.8. The van der Waals surface area contributed by atoms with Gasteiger partial charge in [0.05, 0.1) is 13.1 Å². The molecule has 1 aromatic carbocycles. The van der Waals surface area contributed by atoms with Crippen LogP contribution in [0.4, 0.5) is 0 Å². The highest BCUT2D eigenvalue weighted by Crippen LogP contribution is 2.23. The van der Waals surface area contributed by atoms with Crippen LogP contribution < -0.4 is 5.30 Å². The van der Waals surface area contributed by atoms with E-state index in [0.717, 1.165) is 5.56 Å². The van der Waals surface area contributed by atoms with Crippen LogP contribution in [0.1, 0.15) is 5.56 Å². The van der Waals surface area contributed by atoms with Gasteiger partial charge in [-0.15, -0.1) is 0 Å². The molecule has 0 aliphatic carbocycles. The first-order chi connectivity index (χ1) is 8.88. The molecule has 0 aliphatic heterocycles. The Kier molecular flexibility index (Phi) is 5.93. The van der Waals surface area contributed by atoms with Crippen LogP contribution in [-0.4, -0.2) is 53.5 Å². The minimum absolute atomic E-state index is 0.158. The topological polar surface area (TPSA) is 77.8 Å². The molecule has 0 unspecified atom stereocenters. The minimum Gasteiger partial charge on any atom is -0.480 e. The number of nitrogens with zero attached hydrogens (tertiary/aromatic N) is 1. The van der Waals surface area contributed by atoms with E-state index in [0.29, 0.717) is 6.54 Å². The molecule has 104 valence electrons. The molecule has 5 nitrogen and oxygen atoms in total. The van der Waals surface area contributed by atoms with Crippen LogP contribution in [0, 0.1) is 0 Å². The van der Waals surface area contributed by atoms with Gasteiger partial charge in [-0.25, -0.2) is 0 Å². The van der Waals surface area contributed by atoms with Gasteiger partial charge >= 0.3 is 11.9 Å². The van der Waals surface area contributed by atoms with Crippen molar-refractivity contribution in [2.75, 3.05) is 26.4 Å². The van der Waals surface area contributed by atoms with E-state index in [-0.39, 0.29) is 21.0 Å². The van der Waals surface area contributed by atoms with E-state index in [1.807, 2.05) is 24.3 Å². The normalized spacial score (nSPS) is 10.9. The van der Waals surface area contributed by atoms with E-state index in [2.05, 4.69) is 13.3 Å². The second-order valence-corrected chi connectivity index (χ2v) is 6.80. The number of carbonyl (C=O) groups is 2. The summed E-state index contributed by atoms with van der Waals surface area (Å²) in [6.45, 7) is 4.09. The van der Waals surface area contributed by atoms with Gasteiger partial charge in [-0.1, -0.05) is 32.2 Å². The van der Waals surface area contributed by atoms with Gasteiger partial charge in [-0.2, -0.15) is 0 Å². The Morgan fingerprint density at radius 2 is 1.53 bits per heavy atom. The lowest BCUT2D eigenvalue weighted by Gasteiger charge is -2.18. The zero-order valence-corrected chi connectivity index (χ0v) is 11.9. The number of carboxylic acid groups (broad SMARTS) is 2. The zero-order valence-electron chi connectivity index (χ0n) is 11.0. The first-order valence-corrected chi connectivity index (χ1v) is 8.04. The SMILES string of the molecule is CP(C)c1ccc(CN(CC(=O)O)CC(=O)O)cc1. The molecule has 0 amide bonds. The number of carboxylic acids is 2. The molecule has 6 heteroatoms. The molecule has 0 saturated heterocycles. The van der Waals surface area contributed by atoms with E-state index in [1.54, 1.807) is 0 Å². The fraction of sp³-hybridized carbons (Fsp3) is 0.385.